The summed E-state index contributed by atoms with van der Waals surface area (Å²) >= 11 is 1.36. The molecule has 1 aromatic heterocycles. The lowest BCUT2D eigenvalue weighted by Crippen LogP contribution is -1.98. The van der Waals surface area contributed by atoms with Gasteiger partial charge in [-0.25, -0.2) is 9.78 Å². The molecule has 0 amide bonds. The zero-order chi connectivity index (χ0) is 13.1. The van der Waals surface area contributed by atoms with Crippen LogP contribution in [-0.4, -0.2) is 16.1 Å². The highest BCUT2D eigenvalue weighted by Crippen LogP contribution is 2.28. The third-order valence-corrected chi connectivity index (χ3v) is 3.51. The molecular formula is C14H15NO2S. The number of rotatable bonds is 4. The van der Waals surface area contributed by atoms with Crippen LogP contribution in [0, 0.1) is 5.92 Å². The van der Waals surface area contributed by atoms with Gasteiger partial charge in [0.1, 0.15) is 0 Å². The van der Waals surface area contributed by atoms with Gasteiger partial charge in [0.15, 0.2) is 5.69 Å². The van der Waals surface area contributed by atoms with Gasteiger partial charge in [-0.15, -0.1) is 11.3 Å². The van der Waals surface area contributed by atoms with Crippen molar-refractivity contribution < 1.29 is 9.90 Å². The van der Waals surface area contributed by atoms with E-state index in [1.165, 1.54) is 16.9 Å². The Morgan fingerprint density at radius 1 is 1.33 bits per heavy atom. The van der Waals surface area contributed by atoms with Crippen LogP contribution in [0.4, 0.5) is 0 Å². The van der Waals surface area contributed by atoms with Gasteiger partial charge >= 0.3 is 5.97 Å². The summed E-state index contributed by atoms with van der Waals surface area (Å²) in [7, 11) is 0. The maximum atomic E-state index is 11.0. The molecule has 0 bridgehead atoms. The maximum absolute atomic E-state index is 11.0. The van der Waals surface area contributed by atoms with Crippen molar-refractivity contribution in [3.63, 3.8) is 0 Å². The molecule has 18 heavy (non-hydrogen) atoms. The molecule has 1 N–H and O–H groups in total. The van der Waals surface area contributed by atoms with Crippen LogP contribution in [0.2, 0.25) is 0 Å². The average molecular weight is 261 g/mol. The lowest BCUT2D eigenvalue weighted by atomic mass is 10.0. The fourth-order valence-electron chi connectivity index (χ4n) is 1.87. The summed E-state index contributed by atoms with van der Waals surface area (Å²) < 4.78 is 0. The standard InChI is InChI=1S/C14H15NO2S/c1-9(2)7-10-3-5-11(6-4-10)13-12(14(16)17)15-8-18-13/h3-6,8-9H,7H2,1-2H3,(H,16,17). The fourth-order valence-corrected chi connectivity index (χ4v) is 2.65. The zero-order valence-corrected chi connectivity index (χ0v) is 11.2. The predicted octanol–water partition coefficient (Wildman–Crippen LogP) is 3.71. The lowest BCUT2D eigenvalue weighted by Gasteiger charge is -2.06. The number of carboxylic acids is 1. The third-order valence-electron chi connectivity index (χ3n) is 2.63. The van der Waals surface area contributed by atoms with Crippen molar-refractivity contribution >= 4 is 17.3 Å². The Bertz CT molecular complexity index is 543. The van der Waals surface area contributed by atoms with Gasteiger partial charge in [0.05, 0.1) is 10.4 Å². The number of aromatic carboxylic acids is 1. The summed E-state index contributed by atoms with van der Waals surface area (Å²) in [6.45, 7) is 4.36. The largest absolute Gasteiger partial charge is 0.476 e. The normalized spacial score (nSPS) is 10.8. The first-order chi connectivity index (χ1) is 8.58. The monoisotopic (exact) mass is 261 g/mol. The summed E-state index contributed by atoms with van der Waals surface area (Å²) in [5.41, 5.74) is 3.90. The Labute approximate surface area is 110 Å². The molecular weight excluding hydrogens is 246 g/mol. The number of carboxylic acid groups (broad SMARTS) is 1. The molecule has 0 atom stereocenters. The van der Waals surface area contributed by atoms with E-state index >= 15 is 0 Å². The number of nitrogens with zero attached hydrogens (tertiary/aromatic N) is 1. The smallest absolute Gasteiger partial charge is 0.356 e. The van der Waals surface area contributed by atoms with Gasteiger partial charge in [0, 0.05) is 0 Å². The van der Waals surface area contributed by atoms with E-state index < -0.39 is 5.97 Å². The van der Waals surface area contributed by atoms with Crippen LogP contribution in [0.5, 0.6) is 0 Å². The second-order valence-electron chi connectivity index (χ2n) is 4.63. The van der Waals surface area contributed by atoms with Crippen molar-refractivity contribution in [1.82, 2.24) is 4.98 Å². The average Bonchev–Trinajstić information content (AvgIpc) is 2.78. The molecule has 94 valence electrons. The molecule has 0 spiro atoms. The number of carbonyl (C=O) groups is 1. The minimum Gasteiger partial charge on any atom is -0.476 e. The molecule has 0 aliphatic rings. The van der Waals surface area contributed by atoms with Crippen molar-refractivity contribution in [2.75, 3.05) is 0 Å². The van der Waals surface area contributed by atoms with Gasteiger partial charge in [-0.3, -0.25) is 0 Å². The van der Waals surface area contributed by atoms with Crippen LogP contribution >= 0.6 is 11.3 Å². The molecule has 0 saturated heterocycles. The minimum absolute atomic E-state index is 0.136. The molecule has 1 heterocycles. The van der Waals surface area contributed by atoms with Gasteiger partial charge in [0.2, 0.25) is 0 Å². The second kappa shape index (κ2) is 5.31. The quantitative estimate of drug-likeness (QED) is 0.912. The highest BCUT2D eigenvalue weighted by Gasteiger charge is 2.14. The second-order valence-corrected chi connectivity index (χ2v) is 5.48. The maximum Gasteiger partial charge on any atom is 0.356 e. The number of benzene rings is 1. The predicted molar refractivity (Wildman–Crippen MR) is 73.1 cm³/mol. The lowest BCUT2D eigenvalue weighted by molar-refractivity contribution is 0.0692. The first-order valence-electron chi connectivity index (χ1n) is 5.84. The van der Waals surface area contributed by atoms with Crippen molar-refractivity contribution in [2.24, 2.45) is 5.92 Å². The summed E-state index contributed by atoms with van der Waals surface area (Å²) in [5.74, 6) is -0.355. The van der Waals surface area contributed by atoms with E-state index in [1.54, 1.807) is 5.51 Å². The van der Waals surface area contributed by atoms with E-state index in [4.69, 9.17) is 5.11 Å². The molecule has 3 nitrogen and oxygen atoms in total. The summed E-state index contributed by atoms with van der Waals surface area (Å²) in [4.78, 5) is 15.6. The van der Waals surface area contributed by atoms with Crippen LogP contribution in [0.15, 0.2) is 29.8 Å². The molecule has 0 aliphatic heterocycles. The van der Waals surface area contributed by atoms with E-state index in [9.17, 15) is 4.79 Å². The van der Waals surface area contributed by atoms with E-state index in [0.717, 1.165) is 16.9 Å². The van der Waals surface area contributed by atoms with Crippen molar-refractivity contribution in [3.8, 4) is 10.4 Å². The Morgan fingerprint density at radius 2 is 2.00 bits per heavy atom. The van der Waals surface area contributed by atoms with Crippen LogP contribution in [0.25, 0.3) is 10.4 Å². The molecule has 1 aromatic carbocycles. The summed E-state index contributed by atoms with van der Waals surface area (Å²) in [6, 6.07) is 8.05. The van der Waals surface area contributed by atoms with E-state index in [2.05, 4.69) is 31.0 Å². The molecule has 0 radical (unpaired) electrons. The van der Waals surface area contributed by atoms with Crippen LogP contribution in [0.1, 0.15) is 29.9 Å². The fraction of sp³-hybridized carbons (Fsp3) is 0.286. The van der Waals surface area contributed by atoms with E-state index in [-0.39, 0.29) is 5.69 Å². The SMILES string of the molecule is CC(C)Cc1ccc(-c2scnc2C(=O)O)cc1. The number of thiazole rings is 1. The van der Waals surface area contributed by atoms with Gasteiger partial charge in [0.25, 0.3) is 0 Å². The molecule has 2 aromatic rings. The topological polar surface area (TPSA) is 50.2 Å². The number of hydrogen-bond acceptors (Lipinski definition) is 3. The molecule has 2 rings (SSSR count). The van der Waals surface area contributed by atoms with Gasteiger partial charge < -0.3 is 5.11 Å². The number of hydrogen-bond donors (Lipinski definition) is 1. The van der Waals surface area contributed by atoms with E-state index in [0.29, 0.717) is 5.92 Å². The summed E-state index contributed by atoms with van der Waals surface area (Å²) in [5, 5.41) is 9.03. The third kappa shape index (κ3) is 2.76. The molecule has 0 aliphatic carbocycles. The van der Waals surface area contributed by atoms with Crippen molar-refractivity contribution in [2.45, 2.75) is 20.3 Å². The highest BCUT2D eigenvalue weighted by molar-refractivity contribution is 7.13. The Kier molecular flexibility index (Phi) is 3.77. The zero-order valence-electron chi connectivity index (χ0n) is 10.4. The first-order valence-corrected chi connectivity index (χ1v) is 6.72. The Morgan fingerprint density at radius 3 is 2.56 bits per heavy atom. The first kappa shape index (κ1) is 12.8. The van der Waals surface area contributed by atoms with Crippen molar-refractivity contribution in [3.05, 3.63) is 41.0 Å². The van der Waals surface area contributed by atoms with Crippen LogP contribution in [0.3, 0.4) is 0 Å². The number of aromatic nitrogens is 1. The Balaban J connectivity index is 2.29. The van der Waals surface area contributed by atoms with Crippen molar-refractivity contribution in [1.29, 1.82) is 0 Å². The molecule has 0 unspecified atom stereocenters. The van der Waals surface area contributed by atoms with Gasteiger partial charge in [-0.1, -0.05) is 38.1 Å². The minimum atomic E-state index is -0.975. The molecule has 0 fully saturated rings. The summed E-state index contributed by atoms with van der Waals surface area (Å²) in [6.07, 6.45) is 1.04. The highest BCUT2D eigenvalue weighted by atomic mass is 32.1. The molecule has 0 saturated carbocycles. The Hall–Kier alpha value is -1.68. The van der Waals surface area contributed by atoms with Crippen LogP contribution in [-0.2, 0) is 6.42 Å². The van der Waals surface area contributed by atoms with Gasteiger partial charge in [-0.05, 0) is 23.5 Å². The van der Waals surface area contributed by atoms with Gasteiger partial charge in [-0.2, -0.15) is 0 Å². The van der Waals surface area contributed by atoms with E-state index in [1.807, 2.05) is 12.1 Å². The molecule has 4 heteroatoms. The van der Waals surface area contributed by atoms with Crippen LogP contribution < -0.4 is 0 Å².